The normalized spacial score (nSPS) is 13.4. The summed E-state index contributed by atoms with van der Waals surface area (Å²) in [6.45, 7) is 4.89. The fourth-order valence-corrected chi connectivity index (χ4v) is 4.23. The molecule has 7 nitrogen and oxygen atoms in total. The second-order valence-corrected chi connectivity index (χ2v) is 10.3. The van der Waals surface area contributed by atoms with Gasteiger partial charge in [0, 0.05) is 24.7 Å². The molecule has 1 N–H and O–H groups in total. The number of rotatable bonds is 10. The average molecular weight is 498 g/mol. The van der Waals surface area contributed by atoms with Crippen molar-refractivity contribution >= 4 is 33.4 Å². The van der Waals surface area contributed by atoms with Gasteiger partial charge < -0.3 is 10.2 Å². The van der Waals surface area contributed by atoms with E-state index in [-0.39, 0.29) is 23.4 Å². The molecular formula is C23H29ClFN3O4S. The summed E-state index contributed by atoms with van der Waals surface area (Å²) in [6.07, 6.45) is 0.715. The van der Waals surface area contributed by atoms with Crippen molar-refractivity contribution in [2.45, 2.75) is 50.7 Å². The molecule has 10 heteroatoms. The number of hydrogen-bond acceptors (Lipinski definition) is 4. The highest BCUT2D eigenvalue weighted by molar-refractivity contribution is 7.89. The van der Waals surface area contributed by atoms with Crippen LogP contribution in [0.15, 0.2) is 53.4 Å². The quantitative estimate of drug-likeness (QED) is 0.545. The number of likely N-dealkylation sites (N-methyl/N-ethyl adjacent to an activating group) is 1. The third kappa shape index (κ3) is 7.25. The fraction of sp³-hybridized carbons (Fsp3) is 0.391. The van der Waals surface area contributed by atoms with Crippen LogP contribution >= 0.6 is 11.6 Å². The lowest BCUT2D eigenvalue weighted by Gasteiger charge is -2.31. The summed E-state index contributed by atoms with van der Waals surface area (Å²) < 4.78 is 40.0. The fourth-order valence-electron chi connectivity index (χ4n) is 2.99. The van der Waals surface area contributed by atoms with Crippen molar-refractivity contribution in [2.24, 2.45) is 0 Å². The third-order valence-electron chi connectivity index (χ3n) is 5.31. The Labute approximate surface area is 199 Å². The first-order valence-electron chi connectivity index (χ1n) is 10.5. The van der Waals surface area contributed by atoms with E-state index in [1.807, 2.05) is 13.8 Å². The molecule has 33 heavy (non-hydrogen) atoms. The van der Waals surface area contributed by atoms with Gasteiger partial charge in [0.1, 0.15) is 11.9 Å². The van der Waals surface area contributed by atoms with Crippen molar-refractivity contribution in [2.75, 3.05) is 13.6 Å². The van der Waals surface area contributed by atoms with Crippen LogP contribution < -0.4 is 5.32 Å². The molecule has 2 rings (SSSR count). The van der Waals surface area contributed by atoms with E-state index in [0.717, 1.165) is 4.31 Å². The number of nitrogens with zero attached hydrogens (tertiary/aromatic N) is 2. The largest absolute Gasteiger partial charge is 0.352 e. The summed E-state index contributed by atoms with van der Waals surface area (Å²) >= 11 is 5.83. The molecule has 2 amide bonds. The summed E-state index contributed by atoms with van der Waals surface area (Å²) in [5.41, 5.74) is 0.608. The number of amides is 2. The molecule has 0 saturated heterocycles. The third-order valence-corrected chi connectivity index (χ3v) is 7.38. The molecule has 2 atom stereocenters. The topological polar surface area (TPSA) is 86.8 Å². The van der Waals surface area contributed by atoms with Gasteiger partial charge in [-0.05, 0) is 62.2 Å². The number of hydrogen-bond donors (Lipinski definition) is 1. The number of nitrogens with one attached hydrogen (secondary N) is 1. The van der Waals surface area contributed by atoms with Crippen LogP contribution in [0.4, 0.5) is 4.39 Å². The van der Waals surface area contributed by atoms with Gasteiger partial charge >= 0.3 is 0 Å². The van der Waals surface area contributed by atoms with Crippen molar-refractivity contribution in [3.8, 4) is 0 Å². The molecule has 0 spiro atoms. The van der Waals surface area contributed by atoms with Crippen LogP contribution in [-0.2, 0) is 26.2 Å². The molecule has 0 heterocycles. The van der Waals surface area contributed by atoms with Gasteiger partial charge in [-0.3, -0.25) is 9.59 Å². The van der Waals surface area contributed by atoms with Crippen LogP contribution in [0.5, 0.6) is 0 Å². The Morgan fingerprint density at radius 2 is 1.64 bits per heavy atom. The van der Waals surface area contributed by atoms with Gasteiger partial charge in [-0.25, -0.2) is 12.8 Å². The van der Waals surface area contributed by atoms with Crippen LogP contribution in [0, 0.1) is 5.82 Å². The molecule has 2 aromatic carbocycles. The Kier molecular flexibility index (Phi) is 9.39. The lowest BCUT2D eigenvalue weighted by molar-refractivity contribution is -0.140. The van der Waals surface area contributed by atoms with E-state index in [2.05, 4.69) is 5.32 Å². The SMILES string of the molecule is CC[C@@H](C)NC(=O)[C@@H](C)N(Cc1ccc(F)cc1)C(=O)CN(C)S(=O)(=O)c1ccc(Cl)cc1. The van der Waals surface area contributed by atoms with Crippen molar-refractivity contribution in [3.05, 3.63) is 64.9 Å². The van der Waals surface area contributed by atoms with Gasteiger partial charge in [0.05, 0.1) is 11.4 Å². The Hall–Kier alpha value is -2.49. The van der Waals surface area contributed by atoms with Crippen LogP contribution in [0.2, 0.25) is 5.02 Å². The van der Waals surface area contributed by atoms with Crippen LogP contribution in [0.3, 0.4) is 0 Å². The van der Waals surface area contributed by atoms with Gasteiger partial charge in [0.2, 0.25) is 21.8 Å². The first kappa shape index (κ1) is 26.8. The highest BCUT2D eigenvalue weighted by atomic mass is 35.5. The molecule has 0 saturated carbocycles. The molecule has 0 bridgehead atoms. The minimum absolute atomic E-state index is 0.00477. The molecule has 2 aromatic rings. The summed E-state index contributed by atoms with van der Waals surface area (Å²) in [4.78, 5) is 27.2. The smallest absolute Gasteiger partial charge is 0.243 e. The number of sulfonamides is 1. The Morgan fingerprint density at radius 3 is 2.18 bits per heavy atom. The number of benzene rings is 2. The molecule has 0 aliphatic heterocycles. The second kappa shape index (κ2) is 11.6. The van der Waals surface area contributed by atoms with Gasteiger partial charge in [-0.15, -0.1) is 0 Å². The minimum Gasteiger partial charge on any atom is -0.352 e. The predicted molar refractivity (Wildman–Crippen MR) is 126 cm³/mol. The number of halogens is 2. The van der Waals surface area contributed by atoms with Crippen LogP contribution in [-0.4, -0.2) is 55.1 Å². The molecule has 0 aromatic heterocycles. The van der Waals surface area contributed by atoms with E-state index < -0.39 is 34.3 Å². The number of carbonyl (C=O) groups excluding carboxylic acids is 2. The standard InChI is InChI=1S/C23H29ClFN3O4S/c1-5-16(2)26-23(30)17(3)28(14-18-6-10-20(25)11-7-18)22(29)15-27(4)33(31,32)21-12-8-19(24)9-13-21/h6-13,16-17H,5,14-15H2,1-4H3,(H,26,30)/t16-,17-/m1/s1. The van der Waals surface area contributed by atoms with Gasteiger partial charge in [-0.2, -0.15) is 4.31 Å². The number of carbonyl (C=O) groups is 2. The van der Waals surface area contributed by atoms with Crippen LogP contribution in [0.25, 0.3) is 0 Å². The van der Waals surface area contributed by atoms with E-state index in [4.69, 9.17) is 11.6 Å². The zero-order valence-electron chi connectivity index (χ0n) is 19.1. The predicted octanol–water partition coefficient (Wildman–Crippen LogP) is 3.43. The van der Waals surface area contributed by atoms with E-state index >= 15 is 0 Å². The Balaban J connectivity index is 2.26. The first-order chi connectivity index (χ1) is 15.4. The highest BCUT2D eigenvalue weighted by Crippen LogP contribution is 2.18. The van der Waals surface area contributed by atoms with Crippen molar-refractivity contribution < 1.29 is 22.4 Å². The zero-order chi connectivity index (χ0) is 24.8. The summed E-state index contributed by atoms with van der Waals surface area (Å²) in [6, 6.07) is 10.2. The van der Waals surface area contributed by atoms with E-state index in [1.54, 1.807) is 6.92 Å². The zero-order valence-corrected chi connectivity index (χ0v) is 20.7. The Bertz CT molecular complexity index is 1060. The maximum Gasteiger partial charge on any atom is 0.243 e. The van der Waals surface area contributed by atoms with E-state index in [9.17, 15) is 22.4 Å². The summed E-state index contributed by atoms with van der Waals surface area (Å²) in [5.74, 6) is -1.35. The minimum atomic E-state index is -3.95. The molecule has 0 radical (unpaired) electrons. The second-order valence-electron chi connectivity index (χ2n) is 7.86. The lowest BCUT2D eigenvalue weighted by atomic mass is 10.1. The highest BCUT2D eigenvalue weighted by Gasteiger charge is 2.30. The molecular weight excluding hydrogens is 469 g/mol. The van der Waals surface area contributed by atoms with Gasteiger partial charge in [-0.1, -0.05) is 30.7 Å². The monoisotopic (exact) mass is 497 g/mol. The van der Waals surface area contributed by atoms with Crippen molar-refractivity contribution in [1.29, 1.82) is 0 Å². The van der Waals surface area contributed by atoms with Crippen molar-refractivity contribution in [1.82, 2.24) is 14.5 Å². The summed E-state index contributed by atoms with van der Waals surface area (Å²) in [5, 5.41) is 3.23. The Morgan fingerprint density at radius 1 is 1.06 bits per heavy atom. The molecule has 180 valence electrons. The molecule has 0 aliphatic carbocycles. The van der Waals surface area contributed by atoms with E-state index in [1.165, 1.54) is 60.5 Å². The van der Waals surface area contributed by atoms with Crippen LogP contribution in [0.1, 0.15) is 32.8 Å². The van der Waals surface area contributed by atoms with E-state index in [0.29, 0.717) is 17.0 Å². The lowest BCUT2D eigenvalue weighted by Crippen LogP contribution is -2.51. The maximum atomic E-state index is 13.3. The summed E-state index contributed by atoms with van der Waals surface area (Å²) in [7, 11) is -2.66. The molecule has 0 fully saturated rings. The molecule has 0 aliphatic rings. The molecule has 0 unspecified atom stereocenters. The first-order valence-corrected chi connectivity index (χ1v) is 12.3. The van der Waals surface area contributed by atoms with Gasteiger partial charge in [0.15, 0.2) is 0 Å². The maximum absolute atomic E-state index is 13.3. The van der Waals surface area contributed by atoms with Crippen molar-refractivity contribution in [3.63, 3.8) is 0 Å². The van der Waals surface area contributed by atoms with Gasteiger partial charge in [0.25, 0.3) is 0 Å². The average Bonchev–Trinajstić information content (AvgIpc) is 2.78.